The summed E-state index contributed by atoms with van der Waals surface area (Å²) in [7, 11) is 0. The van der Waals surface area contributed by atoms with Crippen LogP contribution in [0.4, 0.5) is 8.78 Å². The van der Waals surface area contributed by atoms with Gasteiger partial charge in [0.25, 0.3) is 5.92 Å². The fraction of sp³-hybridized carbons (Fsp3) is 0.250. The van der Waals surface area contributed by atoms with Crippen molar-refractivity contribution >= 4 is 0 Å². The van der Waals surface area contributed by atoms with Crippen LogP contribution in [0.25, 0.3) is 0 Å². The molecule has 0 radical (unpaired) electrons. The second-order valence-electron chi connectivity index (χ2n) is 3.70. The van der Waals surface area contributed by atoms with E-state index in [1.54, 1.807) is 18.2 Å². The van der Waals surface area contributed by atoms with Crippen molar-refractivity contribution in [2.45, 2.75) is 19.1 Å². The van der Waals surface area contributed by atoms with E-state index in [9.17, 15) is 8.78 Å². The highest BCUT2D eigenvalue weighted by atomic mass is 19.3. The van der Waals surface area contributed by atoms with Gasteiger partial charge in [-0.2, -0.15) is 8.78 Å². The molecule has 1 aromatic carbocycles. The summed E-state index contributed by atoms with van der Waals surface area (Å²) in [6.45, 7) is -0.870. The predicted octanol–water partition coefficient (Wildman–Crippen LogP) is 2.17. The lowest BCUT2D eigenvalue weighted by Gasteiger charge is -2.18. The molecule has 0 amide bonds. The minimum absolute atomic E-state index is 0.0439. The van der Waals surface area contributed by atoms with E-state index in [0.717, 1.165) is 0 Å². The van der Waals surface area contributed by atoms with Crippen LogP contribution in [0.5, 0.6) is 0 Å². The van der Waals surface area contributed by atoms with Crippen molar-refractivity contribution in [3.05, 3.63) is 54.1 Å². The molecule has 0 saturated heterocycles. The molecule has 0 atom stereocenters. The van der Waals surface area contributed by atoms with Crippen LogP contribution in [0.1, 0.15) is 11.4 Å². The van der Waals surface area contributed by atoms with Gasteiger partial charge in [0.2, 0.25) is 0 Å². The normalized spacial score (nSPS) is 11.7. The van der Waals surface area contributed by atoms with Crippen LogP contribution in [0.2, 0.25) is 0 Å². The number of nitrogens with zero attached hydrogens (tertiary/aromatic N) is 2. The van der Waals surface area contributed by atoms with E-state index in [1.807, 2.05) is 0 Å². The molecule has 1 aromatic heterocycles. The van der Waals surface area contributed by atoms with Gasteiger partial charge in [0.1, 0.15) is 12.4 Å². The summed E-state index contributed by atoms with van der Waals surface area (Å²) in [5.41, 5.74) is -0.0439. The van der Waals surface area contributed by atoms with E-state index in [2.05, 4.69) is 4.98 Å². The zero-order valence-corrected chi connectivity index (χ0v) is 9.05. The molecular weight excluding hydrogens is 226 g/mol. The molecule has 0 saturated carbocycles. The van der Waals surface area contributed by atoms with Gasteiger partial charge < -0.3 is 9.67 Å². The monoisotopic (exact) mass is 238 g/mol. The summed E-state index contributed by atoms with van der Waals surface area (Å²) in [4.78, 5) is 3.79. The van der Waals surface area contributed by atoms with Gasteiger partial charge in [-0.3, -0.25) is 0 Å². The Bertz CT molecular complexity index is 482. The van der Waals surface area contributed by atoms with Crippen LogP contribution in [-0.2, 0) is 19.1 Å². The lowest BCUT2D eigenvalue weighted by atomic mass is 10.1. The zero-order chi connectivity index (χ0) is 12.3. The van der Waals surface area contributed by atoms with Crippen molar-refractivity contribution in [1.82, 2.24) is 9.55 Å². The molecule has 0 unspecified atom stereocenters. The molecular formula is C12H12F2N2O. The largest absolute Gasteiger partial charge is 0.388 e. The third-order valence-corrected chi connectivity index (χ3v) is 2.51. The number of rotatable bonds is 4. The minimum atomic E-state index is -2.98. The summed E-state index contributed by atoms with van der Waals surface area (Å²) in [6.07, 6.45) is 2.83. The van der Waals surface area contributed by atoms with Gasteiger partial charge in [-0.05, 0) is 0 Å². The number of aliphatic hydroxyl groups excluding tert-OH is 1. The van der Waals surface area contributed by atoms with Gasteiger partial charge in [0.15, 0.2) is 0 Å². The lowest BCUT2D eigenvalue weighted by molar-refractivity contribution is -0.0236. The lowest BCUT2D eigenvalue weighted by Crippen LogP contribution is -2.22. The topological polar surface area (TPSA) is 38.1 Å². The molecule has 0 aliphatic heterocycles. The fourth-order valence-electron chi connectivity index (χ4n) is 1.62. The SMILES string of the molecule is OCc1nccn1CC(F)(F)c1ccccc1. The number of aromatic nitrogens is 2. The Kier molecular flexibility index (Phi) is 3.19. The first-order chi connectivity index (χ1) is 8.13. The first kappa shape index (κ1) is 11.7. The molecule has 0 aliphatic carbocycles. The highest BCUT2D eigenvalue weighted by Gasteiger charge is 2.32. The molecule has 1 N–H and O–H groups in total. The van der Waals surface area contributed by atoms with Crippen LogP contribution in [0.3, 0.4) is 0 Å². The van der Waals surface area contributed by atoms with Crippen LogP contribution >= 0.6 is 0 Å². The molecule has 17 heavy (non-hydrogen) atoms. The zero-order valence-electron chi connectivity index (χ0n) is 9.05. The van der Waals surface area contributed by atoms with E-state index in [1.165, 1.54) is 29.1 Å². The Hall–Kier alpha value is -1.75. The van der Waals surface area contributed by atoms with Gasteiger partial charge in [-0.15, -0.1) is 0 Å². The summed E-state index contributed by atoms with van der Waals surface area (Å²) >= 11 is 0. The van der Waals surface area contributed by atoms with Crippen LogP contribution in [0.15, 0.2) is 42.7 Å². The molecule has 0 bridgehead atoms. The van der Waals surface area contributed by atoms with Crippen LogP contribution < -0.4 is 0 Å². The molecule has 5 heteroatoms. The van der Waals surface area contributed by atoms with E-state index in [4.69, 9.17) is 5.11 Å². The van der Waals surface area contributed by atoms with E-state index in [0.29, 0.717) is 0 Å². The highest BCUT2D eigenvalue weighted by molar-refractivity contribution is 5.20. The van der Waals surface area contributed by atoms with E-state index >= 15 is 0 Å². The number of hydrogen-bond acceptors (Lipinski definition) is 2. The third-order valence-electron chi connectivity index (χ3n) is 2.51. The number of alkyl halides is 2. The smallest absolute Gasteiger partial charge is 0.290 e. The van der Waals surface area contributed by atoms with Crippen LogP contribution in [0, 0.1) is 0 Å². The van der Waals surface area contributed by atoms with Gasteiger partial charge in [0.05, 0.1) is 6.54 Å². The Morgan fingerprint density at radius 1 is 1.24 bits per heavy atom. The Morgan fingerprint density at radius 3 is 2.59 bits per heavy atom. The second kappa shape index (κ2) is 4.63. The average molecular weight is 238 g/mol. The molecule has 2 aromatic rings. The predicted molar refractivity (Wildman–Crippen MR) is 58.5 cm³/mol. The maximum atomic E-state index is 13.9. The van der Waals surface area contributed by atoms with Gasteiger partial charge in [-0.25, -0.2) is 4.98 Å². The summed E-state index contributed by atoms with van der Waals surface area (Å²) in [5, 5.41) is 8.95. The second-order valence-corrected chi connectivity index (χ2v) is 3.70. The van der Waals surface area contributed by atoms with Crippen molar-refractivity contribution < 1.29 is 13.9 Å². The molecule has 0 fully saturated rings. The average Bonchev–Trinajstić information content (AvgIpc) is 2.77. The molecule has 2 rings (SSSR count). The standard InChI is InChI=1S/C12H12F2N2O/c13-12(14,10-4-2-1-3-5-10)9-16-7-6-15-11(16)8-17/h1-7,17H,8-9H2. The van der Waals surface area contributed by atoms with Crippen molar-refractivity contribution in [1.29, 1.82) is 0 Å². The first-order valence-corrected chi connectivity index (χ1v) is 5.18. The number of benzene rings is 1. The Balaban J connectivity index is 2.23. The van der Waals surface area contributed by atoms with Gasteiger partial charge >= 0.3 is 0 Å². The van der Waals surface area contributed by atoms with Gasteiger partial charge in [0, 0.05) is 18.0 Å². The first-order valence-electron chi connectivity index (χ1n) is 5.18. The quantitative estimate of drug-likeness (QED) is 0.886. The third kappa shape index (κ3) is 2.50. The maximum Gasteiger partial charge on any atom is 0.290 e. The van der Waals surface area contributed by atoms with E-state index in [-0.39, 0.29) is 18.0 Å². The summed E-state index contributed by atoms with van der Waals surface area (Å²) in [6, 6.07) is 7.61. The number of aliphatic hydroxyl groups is 1. The van der Waals surface area contributed by atoms with Crippen molar-refractivity contribution in [3.63, 3.8) is 0 Å². The maximum absolute atomic E-state index is 13.9. The van der Waals surface area contributed by atoms with E-state index < -0.39 is 12.5 Å². The molecule has 3 nitrogen and oxygen atoms in total. The Labute approximate surface area is 97.3 Å². The van der Waals surface area contributed by atoms with Crippen molar-refractivity contribution in [2.24, 2.45) is 0 Å². The van der Waals surface area contributed by atoms with Gasteiger partial charge in [-0.1, -0.05) is 30.3 Å². The summed E-state index contributed by atoms with van der Waals surface area (Å²) < 4.78 is 29.1. The molecule has 0 spiro atoms. The van der Waals surface area contributed by atoms with Crippen molar-refractivity contribution in [2.75, 3.05) is 0 Å². The molecule has 0 aliphatic rings. The number of halogens is 2. The highest BCUT2D eigenvalue weighted by Crippen LogP contribution is 2.29. The fourth-order valence-corrected chi connectivity index (χ4v) is 1.62. The summed E-state index contributed by atoms with van der Waals surface area (Å²) in [5.74, 6) is -2.74. The molecule has 1 heterocycles. The van der Waals surface area contributed by atoms with Crippen molar-refractivity contribution in [3.8, 4) is 0 Å². The number of imidazole rings is 1. The molecule has 90 valence electrons. The van der Waals surface area contributed by atoms with Crippen LogP contribution in [-0.4, -0.2) is 14.7 Å². The minimum Gasteiger partial charge on any atom is -0.388 e. The Morgan fingerprint density at radius 2 is 1.94 bits per heavy atom. The number of hydrogen-bond donors (Lipinski definition) is 1.